The number of benzene rings is 2. The smallest absolute Gasteiger partial charge is 0.277 e. The molecule has 0 radical (unpaired) electrons. The summed E-state index contributed by atoms with van der Waals surface area (Å²) in [6.45, 7) is 1.34. The minimum atomic E-state index is -3.18. The predicted octanol–water partition coefficient (Wildman–Crippen LogP) is 5.09. The Morgan fingerprint density at radius 3 is 2.78 bits per heavy atom. The first-order valence-corrected chi connectivity index (χ1v) is 10.1. The summed E-state index contributed by atoms with van der Waals surface area (Å²) in [5.74, 6) is -2.66. The molecule has 0 saturated carbocycles. The Morgan fingerprint density at radius 2 is 2.00 bits per heavy atom. The molecule has 0 aliphatic heterocycles. The van der Waals surface area contributed by atoms with Crippen molar-refractivity contribution in [3.63, 3.8) is 0 Å². The number of hydrogen-bond donors (Lipinski definition) is 3. The summed E-state index contributed by atoms with van der Waals surface area (Å²) in [7, 11) is 0. The number of rotatable bonds is 6. The molecule has 0 aliphatic carbocycles. The molecule has 0 spiro atoms. The second-order valence-corrected chi connectivity index (χ2v) is 7.57. The number of alkyl halides is 2. The van der Waals surface area contributed by atoms with Crippen LogP contribution in [0.4, 0.5) is 20.3 Å². The molecule has 1 unspecified atom stereocenters. The van der Waals surface area contributed by atoms with E-state index in [0.29, 0.717) is 17.2 Å². The van der Waals surface area contributed by atoms with Crippen LogP contribution < -0.4 is 5.32 Å². The maximum Gasteiger partial charge on any atom is 0.277 e. The van der Waals surface area contributed by atoms with Crippen molar-refractivity contribution in [1.29, 1.82) is 0 Å². The third-order valence-electron chi connectivity index (χ3n) is 5.47. The zero-order valence-electron chi connectivity index (χ0n) is 17.1. The second-order valence-electron chi connectivity index (χ2n) is 7.57. The molecule has 162 valence electrons. The maximum atomic E-state index is 13.8. The van der Waals surface area contributed by atoms with Crippen LogP contribution in [-0.2, 0) is 0 Å². The maximum absolute atomic E-state index is 13.8. The van der Waals surface area contributed by atoms with Crippen molar-refractivity contribution >= 4 is 28.1 Å². The summed E-state index contributed by atoms with van der Waals surface area (Å²) in [4.78, 5) is 9.10. The van der Waals surface area contributed by atoms with E-state index in [1.807, 2.05) is 35.0 Å². The fourth-order valence-corrected chi connectivity index (χ4v) is 3.57. The number of H-pyrrole nitrogens is 1. The van der Waals surface area contributed by atoms with E-state index in [9.17, 15) is 13.9 Å². The van der Waals surface area contributed by atoms with E-state index in [1.165, 1.54) is 19.1 Å². The van der Waals surface area contributed by atoms with Crippen LogP contribution in [0.25, 0.3) is 27.8 Å². The zero-order valence-corrected chi connectivity index (χ0v) is 17.1. The number of aliphatic hydroxyl groups is 1. The first-order valence-electron chi connectivity index (χ1n) is 10.1. The Hall–Kier alpha value is -3.85. The molecule has 2 aromatic carbocycles. The van der Waals surface area contributed by atoms with E-state index < -0.39 is 18.4 Å². The molecule has 3 N–H and O–H groups in total. The van der Waals surface area contributed by atoms with Crippen LogP contribution in [0.2, 0.25) is 0 Å². The fraction of sp³-hybridized carbons (Fsp3) is 0.174. The van der Waals surface area contributed by atoms with E-state index in [-0.39, 0.29) is 5.56 Å². The Balaban J connectivity index is 1.48. The molecule has 5 aromatic rings. The van der Waals surface area contributed by atoms with Gasteiger partial charge in [0.15, 0.2) is 11.5 Å². The molecule has 5 rings (SSSR count). The minimum absolute atomic E-state index is 0.155. The number of aliphatic hydroxyl groups excluding tert-OH is 1. The number of imidazole rings is 1. The van der Waals surface area contributed by atoms with Crippen LogP contribution in [0.15, 0.2) is 67.3 Å². The number of anilines is 2. The standard InChI is InChI=1S/C23H20F2N6O/c1-2-23(24,25)20(32)14-5-7-17(8-6-14)28-21-22-26-9-10-31(22)13-19(29-21)15-3-4-16-12-27-30-18(16)11-15/h3-13,20,32H,2H2,1H3,(H,27,30)(H,28,29). The predicted molar refractivity (Wildman–Crippen MR) is 118 cm³/mol. The average molecular weight is 434 g/mol. The number of nitrogens with zero attached hydrogens (tertiary/aromatic N) is 4. The van der Waals surface area contributed by atoms with Gasteiger partial charge in [-0.25, -0.2) is 18.7 Å². The van der Waals surface area contributed by atoms with Gasteiger partial charge < -0.3 is 14.8 Å². The van der Waals surface area contributed by atoms with Gasteiger partial charge in [-0.05, 0) is 23.8 Å². The first-order chi connectivity index (χ1) is 15.4. The van der Waals surface area contributed by atoms with E-state index in [1.54, 1.807) is 24.5 Å². The van der Waals surface area contributed by atoms with Crippen molar-refractivity contribution in [2.45, 2.75) is 25.4 Å². The summed E-state index contributed by atoms with van der Waals surface area (Å²) in [5.41, 5.74) is 3.95. The van der Waals surface area contributed by atoms with Crippen molar-refractivity contribution in [2.75, 3.05) is 5.32 Å². The van der Waals surface area contributed by atoms with E-state index in [4.69, 9.17) is 4.98 Å². The van der Waals surface area contributed by atoms with Gasteiger partial charge >= 0.3 is 0 Å². The monoisotopic (exact) mass is 434 g/mol. The summed E-state index contributed by atoms with van der Waals surface area (Å²) >= 11 is 0. The molecule has 3 heterocycles. The molecule has 0 bridgehead atoms. The third-order valence-corrected chi connectivity index (χ3v) is 5.47. The lowest BCUT2D eigenvalue weighted by atomic mass is 10.0. The molecule has 1 atom stereocenters. The molecule has 0 amide bonds. The zero-order chi connectivity index (χ0) is 22.3. The quantitative estimate of drug-likeness (QED) is 0.346. The molecular formula is C23H20F2N6O. The second kappa shape index (κ2) is 7.69. The van der Waals surface area contributed by atoms with Crippen LogP contribution in [0, 0.1) is 0 Å². The highest BCUT2D eigenvalue weighted by Gasteiger charge is 2.37. The van der Waals surface area contributed by atoms with Crippen molar-refractivity contribution in [3.8, 4) is 11.3 Å². The van der Waals surface area contributed by atoms with Crippen LogP contribution >= 0.6 is 0 Å². The van der Waals surface area contributed by atoms with Gasteiger partial charge in [-0.2, -0.15) is 5.10 Å². The normalized spacial score (nSPS) is 13.0. The number of fused-ring (bicyclic) bond motifs is 2. The fourth-order valence-electron chi connectivity index (χ4n) is 3.57. The van der Waals surface area contributed by atoms with Gasteiger partial charge in [0.05, 0.1) is 17.4 Å². The van der Waals surface area contributed by atoms with Gasteiger partial charge in [-0.1, -0.05) is 31.2 Å². The van der Waals surface area contributed by atoms with Crippen LogP contribution in [-0.4, -0.2) is 35.6 Å². The lowest BCUT2D eigenvalue weighted by molar-refractivity contribution is -0.112. The van der Waals surface area contributed by atoms with Gasteiger partial charge in [0.2, 0.25) is 0 Å². The average Bonchev–Trinajstić information content (AvgIpc) is 3.48. The highest BCUT2D eigenvalue weighted by Crippen LogP contribution is 2.34. The van der Waals surface area contributed by atoms with E-state index >= 15 is 0 Å². The molecule has 9 heteroatoms. The summed E-state index contributed by atoms with van der Waals surface area (Å²) < 4.78 is 29.5. The molecule has 3 aromatic heterocycles. The van der Waals surface area contributed by atoms with E-state index in [0.717, 1.165) is 22.2 Å². The molecular weight excluding hydrogens is 414 g/mol. The third kappa shape index (κ3) is 3.56. The van der Waals surface area contributed by atoms with Crippen molar-refractivity contribution in [2.24, 2.45) is 0 Å². The van der Waals surface area contributed by atoms with Gasteiger partial charge in [-0.15, -0.1) is 0 Å². The highest BCUT2D eigenvalue weighted by atomic mass is 19.3. The van der Waals surface area contributed by atoms with Crippen molar-refractivity contribution in [3.05, 3.63) is 72.8 Å². The lowest BCUT2D eigenvalue weighted by Crippen LogP contribution is -2.25. The number of aromatic nitrogens is 5. The van der Waals surface area contributed by atoms with Gasteiger partial charge in [0.1, 0.15) is 6.10 Å². The highest BCUT2D eigenvalue weighted by molar-refractivity contribution is 5.83. The molecule has 32 heavy (non-hydrogen) atoms. The van der Waals surface area contributed by atoms with Gasteiger partial charge in [-0.3, -0.25) is 5.10 Å². The number of halogens is 2. The summed E-state index contributed by atoms with van der Waals surface area (Å²) in [5, 5.41) is 21.2. The van der Waals surface area contributed by atoms with Crippen LogP contribution in [0.5, 0.6) is 0 Å². The largest absolute Gasteiger partial charge is 0.382 e. The molecule has 7 nitrogen and oxygen atoms in total. The minimum Gasteiger partial charge on any atom is -0.382 e. The van der Waals surface area contributed by atoms with Gasteiger partial charge in [0, 0.05) is 41.6 Å². The van der Waals surface area contributed by atoms with Crippen LogP contribution in [0.3, 0.4) is 0 Å². The van der Waals surface area contributed by atoms with Gasteiger partial charge in [0.25, 0.3) is 5.92 Å². The number of nitrogens with one attached hydrogen (secondary N) is 2. The SMILES string of the molecule is CCC(F)(F)C(O)c1ccc(Nc2nc(-c3ccc4cn[nH]c4c3)cn3ccnc23)cc1. The summed E-state index contributed by atoms with van der Waals surface area (Å²) in [6.07, 6.45) is 4.86. The topological polar surface area (TPSA) is 91.1 Å². The molecule has 0 fully saturated rings. The number of hydrogen-bond acceptors (Lipinski definition) is 5. The molecule has 0 aliphatic rings. The Bertz CT molecular complexity index is 1390. The van der Waals surface area contributed by atoms with Crippen LogP contribution in [0.1, 0.15) is 25.0 Å². The Labute approximate surface area is 181 Å². The lowest BCUT2D eigenvalue weighted by Gasteiger charge is -2.21. The Kier molecular flexibility index (Phi) is 4.82. The Morgan fingerprint density at radius 1 is 1.19 bits per heavy atom. The summed E-state index contributed by atoms with van der Waals surface area (Å²) in [6, 6.07) is 12.1. The van der Waals surface area contributed by atoms with Crippen molar-refractivity contribution < 1.29 is 13.9 Å². The number of aromatic amines is 1. The van der Waals surface area contributed by atoms with Crippen molar-refractivity contribution in [1.82, 2.24) is 24.6 Å². The molecule has 0 saturated heterocycles. The first kappa shape index (κ1) is 20.1. The van der Waals surface area contributed by atoms with E-state index in [2.05, 4.69) is 20.5 Å².